The maximum atomic E-state index is 13.1. The Labute approximate surface area is 861 Å². The first-order chi connectivity index (χ1) is 54.4. The average molecular weight is 3130 g/mol. The first-order valence-electron chi connectivity index (χ1n) is 32.7. The number of carbonyl (C=O) groups is 10. The molecule has 4 amide bonds. The third-order valence-electron chi connectivity index (χ3n) is 14.4. The number of anilines is 3. The first kappa shape index (κ1) is 171. The number of benzene rings is 6. The zero-order chi connectivity index (χ0) is 85.2. The second-order valence-electron chi connectivity index (χ2n) is 21.8. The van der Waals surface area contributed by atoms with Crippen LogP contribution in [0.4, 0.5) is 17.1 Å². The van der Waals surface area contributed by atoms with E-state index in [4.69, 9.17) is 131 Å². The van der Waals surface area contributed by atoms with E-state index in [1.807, 2.05) is 146 Å². The van der Waals surface area contributed by atoms with Crippen molar-refractivity contribution in [1.82, 2.24) is 5.32 Å². The summed E-state index contributed by atoms with van der Waals surface area (Å²) in [5, 5.41) is 43.2. The van der Waals surface area contributed by atoms with E-state index in [9.17, 15) is 47.9 Å². The van der Waals surface area contributed by atoms with E-state index in [1.165, 1.54) is 20.9 Å². The van der Waals surface area contributed by atoms with Crippen LogP contribution < -0.4 is 25.8 Å². The molecule has 1 radical (unpaired) electrons. The number of nitrogens with two attached hydrogens (primary N) is 11. The van der Waals surface area contributed by atoms with Gasteiger partial charge in [-0.15, -0.1) is 0 Å². The predicted molar refractivity (Wildman–Crippen MR) is 513 cm³/mol. The van der Waals surface area contributed by atoms with Crippen LogP contribution in [-0.4, -0.2) is 146 Å². The molecule has 36 nitrogen and oxygen atoms in total. The number of amides is 4. The van der Waals surface area contributed by atoms with Gasteiger partial charge in [-0.3, -0.25) is 47.9 Å². The number of carboxylic acid groups (broad SMARTS) is 4. The Morgan fingerprint density at radius 1 is 0.377 bits per heavy atom. The number of halogens is 10. The topological polar surface area (TPSA) is 821 Å². The Balaban J connectivity index is -0.0000000653. The molecule has 0 spiro atoms. The van der Waals surface area contributed by atoms with Gasteiger partial charge in [0.1, 0.15) is 11.6 Å². The summed E-state index contributed by atoms with van der Waals surface area (Å²) in [6.07, 6.45) is 1.35. The molecule has 38 N–H and O–H groups in total. The zero-order valence-corrected chi connectivity index (χ0v) is 88.6. The minimum absolute atomic E-state index is 0. The zero-order valence-electron chi connectivity index (χ0n) is 68.4. The van der Waals surface area contributed by atoms with Crippen LogP contribution in [0.15, 0.2) is 146 Å². The number of aliphatic carboxylic acids is 4. The summed E-state index contributed by atoms with van der Waals surface area (Å²) in [5.74, 6) is 14.3. The van der Waals surface area contributed by atoms with Gasteiger partial charge in [0, 0.05) is 104 Å². The number of hydrogen-bond acceptors (Lipinski definition) is 13. The number of ether oxygens (including phenoxy) is 1. The number of nitrogens with zero attached hydrogens (tertiary/aromatic N) is 3. The van der Waals surface area contributed by atoms with Crippen molar-refractivity contribution in [3.8, 4) is 35.5 Å². The molecule has 6 aromatic carbocycles. The van der Waals surface area contributed by atoms with Crippen molar-refractivity contribution in [3.63, 3.8) is 0 Å². The van der Waals surface area contributed by atoms with Crippen LogP contribution >= 0.6 is 94.2 Å². The number of para-hydroxylation sites is 3. The summed E-state index contributed by atoms with van der Waals surface area (Å²) < 4.78 is 11.1. The van der Waals surface area contributed by atoms with Crippen LogP contribution in [0, 0.1) is 35.5 Å². The number of carboxylic acids is 4. The normalized spacial score (nSPS) is 9.35. The van der Waals surface area contributed by atoms with Crippen LogP contribution in [0.5, 0.6) is 0 Å². The molecule has 762 valence electrons. The third-order valence-corrected chi connectivity index (χ3v) is 14.4. The van der Waals surface area contributed by atoms with Gasteiger partial charge in [0.2, 0.25) is 23.6 Å². The molecule has 9 rings (SSSR count). The maximum Gasteiger partial charge on any atom is -0.693 e. The molecule has 0 fully saturated rings. The fourth-order valence-electron chi connectivity index (χ4n) is 9.58. The maximum absolute atomic E-state index is 13.1. The Morgan fingerprint density at radius 3 is 0.885 bits per heavy atom. The van der Waals surface area contributed by atoms with Crippen LogP contribution in [-0.2, 0) is 176 Å². The van der Waals surface area contributed by atoms with E-state index in [1.54, 1.807) is 21.5 Å². The van der Waals surface area contributed by atoms with E-state index in [0.29, 0.717) is 52.0 Å². The minimum atomic E-state index is -1.08. The van der Waals surface area contributed by atoms with Crippen molar-refractivity contribution in [2.45, 2.75) is 139 Å². The van der Waals surface area contributed by atoms with Gasteiger partial charge in [0.25, 0.3) is 7.48 Å². The van der Waals surface area contributed by atoms with Crippen molar-refractivity contribution in [2.75, 3.05) is 41.0 Å². The summed E-state index contributed by atoms with van der Waals surface area (Å²) in [6, 6.07) is 46.3. The average Bonchev–Trinajstić information content (AvgIpc) is 0.815. The van der Waals surface area contributed by atoms with Crippen LogP contribution in [0.2, 0.25) is 6.82 Å². The summed E-state index contributed by atoms with van der Waals surface area (Å²) in [7, 11) is 49.8. The Morgan fingerprint density at radius 2 is 0.608 bits per heavy atom. The monoisotopic (exact) mass is 3120 g/mol. The second kappa shape index (κ2) is 113. The number of Topliss-reactive ketones (excluding diaryl/α,β-unsaturated/α-hetero) is 2. The molecule has 3 heterocycles. The fourth-order valence-corrected chi connectivity index (χ4v) is 9.58. The van der Waals surface area contributed by atoms with E-state index >= 15 is 0 Å². The van der Waals surface area contributed by atoms with Crippen molar-refractivity contribution < 1.29 is 209 Å². The molecule has 3 aliphatic rings. The van der Waals surface area contributed by atoms with Crippen molar-refractivity contribution >= 4 is 178 Å². The molecular formula is C77H120BCl10N15O21Pt6. The van der Waals surface area contributed by atoms with Gasteiger partial charge in [-0.2, -0.15) is 0 Å². The van der Waals surface area contributed by atoms with Crippen molar-refractivity contribution in [1.29, 1.82) is 0.749 Å². The fraction of sp³-hybridized carbons (Fsp3) is 0.325. The molecule has 0 aromatic heterocycles. The van der Waals surface area contributed by atoms with Gasteiger partial charge >= 0.3 is 222 Å². The van der Waals surface area contributed by atoms with Crippen LogP contribution in [0.3, 0.4) is 0 Å². The second-order valence-corrected chi connectivity index (χ2v) is 38.2. The molecule has 0 aliphatic carbocycles. The summed E-state index contributed by atoms with van der Waals surface area (Å²) >= 11 is -0.972. The molecule has 3 aliphatic heterocycles. The standard InChI is InChI=1S/C28H30N2O6.C23H21NO4.C18H16N2O.C4H6O4.CH4BO.3CH4.10ClH.10H2N.5H2O.6Pt.H/c31-24(13-14-28(34)35)9-5-18-36-19-16-26(32)29-17-15-27(33)30-20-23-8-2-1-6-21(23)11-12-22-7-3-4-10-25(22)30;25-20(14-15-23(27)28)9-5-11-22(26)24-16-19-8-2-1-6-17(19)12-13-18-7-3-4-10-21(18)24;19-12-11-18(21)20-13-16-7-2-1-5-14(16)9-10-15-6-3-4-8-17(15)20;5-3(6)1-2-4(7)8;1-2-3;;;;;;;;;;;;;;;;;;;;;;;;;;;;;;;;;;;/h1-4,6-8,10H,5,9,13-20H2,(H,29,32)(H,34,35);1-4,6-8,10H,5,9,11,14-16H2,(H,27,28);1-8H,11-13,19H2;1-2H2,(H,5,6)(H,7,8);3H,1H3;3*1H4;10*1H;15*1H2;;;;;;;/q;;;;;;;;;;;;;;;;;;10*-1;;;;;;;5*+4;/p-10/i;;;;;;;;;;;;;;;;;;;;;;;;;;;;;;;;;;;;;;;1+1. The molecule has 0 saturated carbocycles. The molecule has 0 saturated heterocycles. The number of carbonyl (C=O) groups excluding carboxylic acids is 6. The molecule has 0 bridgehead atoms. The number of ketones is 2. The number of rotatable bonds is 25. The van der Waals surface area contributed by atoms with Gasteiger partial charge in [-0.1, -0.05) is 156 Å². The number of hydrogen-bond donors (Lipinski definition) is 7. The minimum Gasteiger partial charge on any atom is -0.693 e. The van der Waals surface area contributed by atoms with Crippen LogP contribution in [0.1, 0.15) is 162 Å². The van der Waals surface area contributed by atoms with E-state index in [2.05, 4.69) is 40.8 Å². The largest absolute Gasteiger partial charge is 0.693 e. The van der Waals surface area contributed by atoms with Gasteiger partial charge in [0.05, 0.1) is 69.0 Å². The SMILES string of the molecule is C.C.C.C[B]O.NCCC(=O)N1Cc2ccccc2C#Cc2ccccc21.O.O.O.O.O.O=C(O)CCC(=O)CCCC(=O)N1Cc2ccccc2C#Cc2ccccc21.O=C(O)CCC(=O)CCCOCCC(=O)NCCC(=O)N1Cc2ccccc2C#Cc2ccccc21.O=C(O)CCC(=O)O.[2H][Pt].[Cl][Pt+2][Cl].[Cl][Pt+2][Cl].[Cl][Pt+2][Cl].[Cl][Pt+2][Cl].[Cl][Pt+2][Cl].[NH2-].[NH2-].[NH2-].[NH2-].[NH2-].[NH2-].[NH2-].[NH2-].[NH2-].[NH2-]. The number of nitrogens with one attached hydrogen (secondary N) is 1. The molecule has 6 aromatic rings. The molecule has 53 heteroatoms. The van der Waals surface area contributed by atoms with Gasteiger partial charge in [-0.05, 0) is 84.1 Å². The van der Waals surface area contributed by atoms with Gasteiger partial charge in [-0.25, -0.2) is 0 Å². The summed E-state index contributed by atoms with van der Waals surface area (Å²) in [4.78, 5) is 119. The third kappa shape index (κ3) is 80.7. The van der Waals surface area contributed by atoms with Crippen molar-refractivity contribution in [3.05, 3.63) is 257 Å². The quantitative estimate of drug-likeness (QED) is 0.0159. The molecular weight excluding hydrogens is 3010 g/mol. The molecule has 0 unspecified atom stereocenters. The Bertz CT molecular complexity index is 4120. The van der Waals surface area contributed by atoms with Crippen molar-refractivity contribution in [2.24, 2.45) is 5.73 Å². The Kier molecular flexibility index (Phi) is 149. The predicted octanol–water partition coefficient (Wildman–Crippen LogP) is 20.0. The van der Waals surface area contributed by atoms with E-state index in [-0.39, 0.29) is 230 Å². The smallest absolute Gasteiger partial charge is 0.693 e. The number of fused-ring (bicyclic) bond motifs is 6. The molecule has 0 atom stereocenters. The van der Waals surface area contributed by atoms with Crippen LogP contribution in [0.25, 0.3) is 61.5 Å². The molecule has 130 heavy (non-hydrogen) atoms. The summed E-state index contributed by atoms with van der Waals surface area (Å²) in [6.45, 7) is 4.00. The van der Waals surface area contributed by atoms with Gasteiger partial charge in [0.15, 0.2) is 0 Å². The first-order valence-corrected chi connectivity index (χ1v) is 60.5. The van der Waals surface area contributed by atoms with E-state index < -0.39 is 106 Å². The Hall–Kier alpha value is -4.53. The van der Waals surface area contributed by atoms with Gasteiger partial charge < -0.3 is 145 Å². The van der Waals surface area contributed by atoms with E-state index in [0.717, 1.165) is 74.6 Å². The summed E-state index contributed by atoms with van der Waals surface area (Å²) in [5.41, 5.74) is 16.2.